The van der Waals surface area contributed by atoms with Gasteiger partial charge in [-0.05, 0) is 19.3 Å². The Labute approximate surface area is 120 Å². The second kappa shape index (κ2) is 7.27. The van der Waals surface area contributed by atoms with Crippen molar-refractivity contribution in [2.75, 3.05) is 0 Å². The van der Waals surface area contributed by atoms with Gasteiger partial charge in [-0.1, -0.05) is 39.5 Å². The minimum atomic E-state index is 0.171. The molecule has 20 heavy (non-hydrogen) atoms. The first-order valence-electron chi connectivity index (χ1n) is 7.84. The second-order valence-corrected chi connectivity index (χ2v) is 5.41. The molecular formula is C16H25N3O. The van der Waals surface area contributed by atoms with Crippen molar-refractivity contribution in [1.82, 2.24) is 14.2 Å². The summed E-state index contributed by atoms with van der Waals surface area (Å²) in [5.74, 6) is 0. The maximum Gasteiger partial charge on any atom is 0.256 e. The standard InChI is InChI=1S/C16H25N3O/c1-3-5-7-9-14-13-19-15(10-11-17-19)18(16(14)20)12-8-6-4-2/h10-11,13H,3-9,12H2,1-2H3. The van der Waals surface area contributed by atoms with E-state index in [1.807, 2.05) is 21.3 Å². The van der Waals surface area contributed by atoms with Gasteiger partial charge in [0.2, 0.25) is 0 Å². The Morgan fingerprint density at radius 2 is 1.85 bits per heavy atom. The van der Waals surface area contributed by atoms with Gasteiger partial charge in [0, 0.05) is 24.4 Å². The summed E-state index contributed by atoms with van der Waals surface area (Å²) < 4.78 is 3.73. The summed E-state index contributed by atoms with van der Waals surface area (Å²) >= 11 is 0. The van der Waals surface area contributed by atoms with Gasteiger partial charge in [0.15, 0.2) is 0 Å². The lowest BCUT2D eigenvalue weighted by molar-refractivity contribution is 0.584. The quantitative estimate of drug-likeness (QED) is 0.692. The van der Waals surface area contributed by atoms with Gasteiger partial charge in [0.05, 0.1) is 6.20 Å². The smallest absolute Gasteiger partial charge is 0.256 e. The predicted octanol–water partition coefficient (Wildman–Crippen LogP) is 3.42. The predicted molar refractivity (Wildman–Crippen MR) is 82.2 cm³/mol. The van der Waals surface area contributed by atoms with Gasteiger partial charge in [0.1, 0.15) is 5.65 Å². The lowest BCUT2D eigenvalue weighted by atomic mass is 10.1. The Bertz CT molecular complexity index is 597. The number of nitrogens with zero attached hydrogens (tertiary/aromatic N) is 3. The van der Waals surface area contributed by atoms with Gasteiger partial charge < -0.3 is 0 Å². The van der Waals surface area contributed by atoms with Crippen molar-refractivity contribution in [3.8, 4) is 0 Å². The lowest BCUT2D eigenvalue weighted by Gasteiger charge is -2.10. The van der Waals surface area contributed by atoms with E-state index >= 15 is 0 Å². The number of unbranched alkanes of at least 4 members (excludes halogenated alkanes) is 4. The Balaban J connectivity index is 2.29. The van der Waals surface area contributed by atoms with Crippen LogP contribution in [0.25, 0.3) is 5.65 Å². The van der Waals surface area contributed by atoms with E-state index in [1.165, 1.54) is 19.3 Å². The molecule has 110 valence electrons. The van der Waals surface area contributed by atoms with Gasteiger partial charge in [0.25, 0.3) is 5.56 Å². The highest BCUT2D eigenvalue weighted by Gasteiger charge is 2.09. The van der Waals surface area contributed by atoms with Crippen LogP contribution in [0.3, 0.4) is 0 Å². The van der Waals surface area contributed by atoms with Gasteiger partial charge in [-0.15, -0.1) is 0 Å². The first-order chi connectivity index (χ1) is 9.77. The Hall–Kier alpha value is -1.58. The fourth-order valence-electron chi connectivity index (χ4n) is 2.57. The third kappa shape index (κ3) is 3.30. The summed E-state index contributed by atoms with van der Waals surface area (Å²) in [5, 5.41) is 4.29. The number of rotatable bonds is 8. The molecule has 2 aromatic rings. The van der Waals surface area contributed by atoms with E-state index in [1.54, 1.807) is 6.20 Å². The van der Waals surface area contributed by atoms with Crippen LogP contribution in [0.1, 0.15) is 57.9 Å². The zero-order valence-corrected chi connectivity index (χ0v) is 12.6. The van der Waals surface area contributed by atoms with Crippen LogP contribution in [0.15, 0.2) is 23.3 Å². The van der Waals surface area contributed by atoms with Gasteiger partial charge in [-0.25, -0.2) is 4.52 Å². The van der Waals surface area contributed by atoms with Crippen molar-refractivity contribution >= 4 is 5.65 Å². The van der Waals surface area contributed by atoms with Crippen LogP contribution in [0.4, 0.5) is 0 Å². The van der Waals surface area contributed by atoms with E-state index in [4.69, 9.17) is 0 Å². The molecule has 0 spiro atoms. The van der Waals surface area contributed by atoms with Gasteiger partial charge in [-0.3, -0.25) is 9.36 Å². The molecule has 0 fully saturated rings. The third-order valence-electron chi connectivity index (χ3n) is 3.76. The van der Waals surface area contributed by atoms with Crippen LogP contribution in [0.2, 0.25) is 0 Å². The van der Waals surface area contributed by atoms with Crippen molar-refractivity contribution in [2.45, 2.75) is 65.3 Å². The number of hydrogen-bond acceptors (Lipinski definition) is 2. The molecule has 0 bridgehead atoms. The van der Waals surface area contributed by atoms with E-state index in [-0.39, 0.29) is 5.56 Å². The maximum absolute atomic E-state index is 12.6. The van der Waals surface area contributed by atoms with E-state index in [9.17, 15) is 4.79 Å². The van der Waals surface area contributed by atoms with E-state index in [2.05, 4.69) is 18.9 Å². The number of aryl methyl sites for hydroxylation is 2. The minimum Gasteiger partial charge on any atom is -0.293 e. The molecule has 0 atom stereocenters. The molecule has 0 unspecified atom stereocenters. The van der Waals surface area contributed by atoms with Crippen LogP contribution in [-0.4, -0.2) is 14.2 Å². The molecular weight excluding hydrogens is 250 g/mol. The molecule has 0 aliphatic heterocycles. The molecule has 2 rings (SSSR count). The molecule has 0 saturated heterocycles. The van der Waals surface area contributed by atoms with Crippen molar-refractivity contribution in [3.05, 3.63) is 34.4 Å². The molecule has 0 aliphatic carbocycles. The van der Waals surface area contributed by atoms with Crippen molar-refractivity contribution in [2.24, 2.45) is 0 Å². The van der Waals surface area contributed by atoms with Crippen molar-refractivity contribution in [1.29, 1.82) is 0 Å². The van der Waals surface area contributed by atoms with E-state index in [0.29, 0.717) is 0 Å². The maximum atomic E-state index is 12.6. The van der Waals surface area contributed by atoms with Crippen LogP contribution < -0.4 is 5.56 Å². The monoisotopic (exact) mass is 275 g/mol. The Morgan fingerprint density at radius 3 is 2.60 bits per heavy atom. The molecule has 2 aromatic heterocycles. The third-order valence-corrected chi connectivity index (χ3v) is 3.76. The van der Waals surface area contributed by atoms with E-state index in [0.717, 1.165) is 43.4 Å². The van der Waals surface area contributed by atoms with Crippen LogP contribution in [0, 0.1) is 0 Å². The molecule has 4 heteroatoms. The molecule has 0 radical (unpaired) electrons. The van der Waals surface area contributed by atoms with Gasteiger partial charge >= 0.3 is 0 Å². The number of hydrogen-bond donors (Lipinski definition) is 0. The zero-order chi connectivity index (χ0) is 14.4. The summed E-state index contributed by atoms with van der Waals surface area (Å²) in [5.41, 5.74) is 1.97. The molecule has 0 aliphatic rings. The largest absolute Gasteiger partial charge is 0.293 e. The molecule has 0 N–H and O–H groups in total. The molecule has 0 aromatic carbocycles. The van der Waals surface area contributed by atoms with Crippen molar-refractivity contribution in [3.63, 3.8) is 0 Å². The fourth-order valence-corrected chi connectivity index (χ4v) is 2.57. The molecule has 0 saturated carbocycles. The molecule has 0 amide bonds. The SMILES string of the molecule is CCCCCc1cn2nccc2n(CCCCC)c1=O. The van der Waals surface area contributed by atoms with Crippen molar-refractivity contribution < 1.29 is 0 Å². The van der Waals surface area contributed by atoms with Crippen LogP contribution in [0.5, 0.6) is 0 Å². The number of aromatic nitrogens is 3. The second-order valence-electron chi connectivity index (χ2n) is 5.41. The highest BCUT2D eigenvalue weighted by molar-refractivity contribution is 5.38. The average molecular weight is 275 g/mol. The Kier molecular flexibility index (Phi) is 5.39. The molecule has 2 heterocycles. The Morgan fingerprint density at radius 1 is 1.10 bits per heavy atom. The summed E-state index contributed by atoms with van der Waals surface area (Å²) in [6.07, 6.45) is 11.3. The summed E-state index contributed by atoms with van der Waals surface area (Å²) in [4.78, 5) is 12.6. The zero-order valence-electron chi connectivity index (χ0n) is 12.6. The summed E-state index contributed by atoms with van der Waals surface area (Å²) in [6.45, 7) is 5.15. The lowest BCUT2D eigenvalue weighted by Crippen LogP contribution is -2.26. The summed E-state index contributed by atoms with van der Waals surface area (Å²) in [6, 6.07) is 1.92. The average Bonchev–Trinajstić information content (AvgIpc) is 2.90. The first-order valence-corrected chi connectivity index (χ1v) is 7.84. The van der Waals surface area contributed by atoms with Crippen LogP contribution in [-0.2, 0) is 13.0 Å². The minimum absolute atomic E-state index is 0.171. The van der Waals surface area contributed by atoms with Gasteiger partial charge in [-0.2, -0.15) is 5.10 Å². The molecule has 4 nitrogen and oxygen atoms in total. The highest BCUT2D eigenvalue weighted by Crippen LogP contribution is 2.08. The van der Waals surface area contributed by atoms with E-state index < -0.39 is 0 Å². The van der Waals surface area contributed by atoms with Crippen LogP contribution >= 0.6 is 0 Å². The fraction of sp³-hybridized carbons (Fsp3) is 0.625. The number of fused-ring (bicyclic) bond motifs is 1. The normalized spacial score (nSPS) is 11.3. The first kappa shape index (κ1) is 14.8. The topological polar surface area (TPSA) is 39.3 Å². The summed E-state index contributed by atoms with van der Waals surface area (Å²) in [7, 11) is 0. The highest BCUT2D eigenvalue weighted by atomic mass is 16.1.